The van der Waals surface area contributed by atoms with Crippen molar-refractivity contribution in [1.29, 1.82) is 0 Å². The molecule has 7 heteroatoms. The molecule has 1 heterocycles. The molecule has 1 rings (SSSR count). The number of rotatable bonds is 3. The summed E-state index contributed by atoms with van der Waals surface area (Å²) in [6.45, 7) is 3.24. The number of thioether (sulfide) groups is 1. The lowest BCUT2D eigenvalue weighted by atomic mass is 10.1. The highest BCUT2D eigenvalue weighted by atomic mass is 32.2. The summed E-state index contributed by atoms with van der Waals surface area (Å²) in [5.41, 5.74) is 5.15. The number of nitrogens with two attached hydrogens (primary N) is 1. The van der Waals surface area contributed by atoms with Gasteiger partial charge in [0, 0.05) is 30.6 Å². The molecule has 1 aliphatic heterocycles. The molecule has 0 aromatic rings. The number of halogens is 3. The van der Waals surface area contributed by atoms with Crippen LogP contribution in [-0.2, 0) is 0 Å². The molecule has 1 saturated heterocycles. The molecular formula is C9H15F3N2S2. The lowest BCUT2D eigenvalue weighted by Gasteiger charge is -2.33. The van der Waals surface area contributed by atoms with Crippen molar-refractivity contribution < 1.29 is 13.2 Å². The van der Waals surface area contributed by atoms with E-state index in [1.165, 1.54) is 0 Å². The van der Waals surface area contributed by atoms with Crippen molar-refractivity contribution in [3.05, 3.63) is 0 Å². The van der Waals surface area contributed by atoms with Gasteiger partial charge in [-0.05, 0) is 0 Å². The van der Waals surface area contributed by atoms with Crippen LogP contribution in [-0.4, -0.2) is 46.7 Å². The van der Waals surface area contributed by atoms with E-state index in [0.717, 1.165) is 5.75 Å². The standard InChI is InChI=1S/C9H15F3N2S2/c1-6-4-14(2-3-16-6)5-7(8(13)15)9(10,11)12/h6-7H,2-5H2,1H3,(H2,13,15). The molecule has 0 amide bonds. The van der Waals surface area contributed by atoms with Gasteiger partial charge in [-0.3, -0.25) is 0 Å². The molecule has 0 aromatic carbocycles. The summed E-state index contributed by atoms with van der Waals surface area (Å²) < 4.78 is 37.9. The van der Waals surface area contributed by atoms with Gasteiger partial charge in [-0.1, -0.05) is 19.1 Å². The minimum atomic E-state index is -4.33. The summed E-state index contributed by atoms with van der Waals surface area (Å²) in [6.07, 6.45) is -4.33. The van der Waals surface area contributed by atoms with Crippen LogP contribution >= 0.6 is 24.0 Å². The summed E-state index contributed by atoms with van der Waals surface area (Å²) in [5, 5.41) is 0.369. The summed E-state index contributed by atoms with van der Waals surface area (Å²) in [6, 6.07) is 0. The zero-order valence-electron chi connectivity index (χ0n) is 8.96. The van der Waals surface area contributed by atoms with Gasteiger partial charge in [-0.2, -0.15) is 24.9 Å². The van der Waals surface area contributed by atoms with Crippen LogP contribution < -0.4 is 5.73 Å². The third-order valence-corrected chi connectivity index (χ3v) is 3.93. The van der Waals surface area contributed by atoms with Crippen molar-refractivity contribution in [1.82, 2.24) is 4.90 Å². The Bertz CT molecular complexity index is 258. The number of alkyl halides is 3. The maximum Gasteiger partial charge on any atom is 0.399 e. The number of hydrogen-bond donors (Lipinski definition) is 1. The largest absolute Gasteiger partial charge is 0.399 e. The second-order valence-corrected chi connectivity index (χ2v) is 5.96. The van der Waals surface area contributed by atoms with Crippen LogP contribution in [0.2, 0.25) is 0 Å². The average Bonchev–Trinajstić information content (AvgIpc) is 2.12. The molecule has 0 aliphatic carbocycles. The van der Waals surface area contributed by atoms with Gasteiger partial charge >= 0.3 is 6.18 Å². The van der Waals surface area contributed by atoms with Gasteiger partial charge < -0.3 is 10.6 Å². The van der Waals surface area contributed by atoms with Crippen molar-refractivity contribution >= 4 is 29.0 Å². The highest BCUT2D eigenvalue weighted by Gasteiger charge is 2.42. The molecule has 0 saturated carbocycles. The first-order valence-corrected chi connectivity index (χ1v) is 6.46. The van der Waals surface area contributed by atoms with Crippen LogP contribution in [0.3, 0.4) is 0 Å². The molecule has 2 atom stereocenters. The SMILES string of the molecule is CC1CN(CC(C(N)=S)C(F)(F)F)CCS1. The molecule has 2 nitrogen and oxygen atoms in total. The number of hydrogen-bond acceptors (Lipinski definition) is 3. The van der Waals surface area contributed by atoms with Crippen LogP contribution in [0.15, 0.2) is 0 Å². The predicted octanol–water partition coefficient (Wildman–Crippen LogP) is 1.89. The zero-order chi connectivity index (χ0) is 12.3. The van der Waals surface area contributed by atoms with Crippen LogP contribution in [0, 0.1) is 5.92 Å². The Morgan fingerprint density at radius 1 is 1.62 bits per heavy atom. The quantitative estimate of drug-likeness (QED) is 0.795. The van der Waals surface area contributed by atoms with Crippen molar-refractivity contribution in [3.63, 3.8) is 0 Å². The molecule has 0 aromatic heterocycles. The van der Waals surface area contributed by atoms with Crippen molar-refractivity contribution in [2.45, 2.75) is 18.3 Å². The molecule has 1 aliphatic rings. The first-order chi connectivity index (χ1) is 7.30. The molecule has 2 unspecified atom stereocenters. The lowest BCUT2D eigenvalue weighted by molar-refractivity contribution is -0.159. The summed E-state index contributed by atoms with van der Waals surface area (Å²) >= 11 is 6.27. The van der Waals surface area contributed by atoms with Crippen LogP contribution in [0.25, 0.3) is 0 Å². The van der Waals surface area contributed by atoms with E-state index < -0.39 is 17.1 Å². The Balaban J connectivity index is 2.58. The fourth-order valence-corrected chi connectivity index (χ4v) is 2.96. The highest BCUT2D eigenvalue weighted by Crippen LogP contribution is 2.28. The summed E-state index contributed by atoms with van der Waals surface area (Å²) in [5.74, 6) is -0.818. The van der Waals surface area contributed by atoms with E-state index in [9.17, 15) is 13.2 Å². The molecule has 16 heavy (non-hydrogen) atoms. The Hall–Kier alpha value is -0.0100. The average molecular weight is 272 g/mol. The first-order valence-electron chi connectivity index (χ1n) is 5.00. The highest BCUT2D eigenvalue weighted by molar-refractivity contribution is 7.99. The van der Waals surface area contributed by atoms with Crippen molar-refractivity contribution in [2.24, 2.45) is 11.7 Å². The van der Waals surface area contributed by atoms with E-state index >= 15 is 0 Å². The second kappa shape index (κ2) is 5.55. The lowest BCUT2D eigenvalue weighted by Crippen LogP contribution is -2.47. The smallest absolute Gasteiger partial charge is 0.393 e. The second-order valence-electron chi connectivity index (χ2n) is 3.94. The van der Waals surface area contributed by atoms with Gasteiger partial charge in [-0.15, -0.1) is 0 Å². The number of thiocarbonyl (C=S) groups is 1. The fourth-order valence-electron chi connectivity index (χ4n) is 1.67. The third kappa shape index (κ3) is 4.10. The molecular weight excluding hydrogens is 257 g/mol. The Labute approximate surface area is 103 Å². The van der Waals surface area contributed by atoms with Crippen LogP contribution in [0.4, 0.5) is 13.2 Å². The van der Waals surface area contributed by atoms with Gasteiger partial charge in [0.05, 0.1) is 4.99 Å². The molecule has 1 fully saturated rings. The normalized spacial score (nSPS) is 25.4. The van der Waals surface area contributed by atoms with Gasteiger partial charge in [-0.25, -0.2) is 0 Å². The van der Waals surface area contributed by atoms with E-state index in [0.29, 0.717) is 18.3 Å². The van der Waals surface area contributed by atoms with Crippen LogP contribution in [0.5, 0.6) is 0 Å². The Kier molecular flexibility index (Phi) is 4.88. The van der Waals surface area contributed by atoms with Gasteiger partial charge in [0.25, 0.3) is 0 Å². The minimum absolute atomic E-state index is 0.107. The van der Waals surface area contributed by atoms with Crippen LogP contribution in [0.1, 0.15) is 6.92 Å². The monoisotopic (exact) mass is 272 g/mol. The summed E-state index contributed by atoms with van der Waals surface area (Å²) in [4.78, 5) is 1.33. The molecule has 2 N–H and O–H groups in total. The number of nitrogens with zero attached hydrogens (tertiary/aromatic N) is 1. The maximum absolute atomic E-state index is 12.6. The summed E-state index contributed by atoms with van der Waals surface area (Å²) in [7, 11) is 0. The van der Waals surface area contributed by atoms with E-state index in [1.807, 2.05) is 6.92 Å². The van der Waals surface area contributed by atoms with E-state index in [2.05, 4.69) is 12.2 Å². The van der Waals surface area contributed by atoms with E-state index in [4.69, 9.17) is 5.73 Å². The van der Waals surface area contributed by atoms with E-state index in [1.54, 1.807) is 16.7 Å². The van der Waals surface area contributed by atoms with Gasteiger partial charge in [0.2, 0.25) is 0 Å². The predicted molar refractivity (Wildman–Crippen MR) is 64.7 cm³/mol. The molecule has 0 radical (unpaired) electrons. The topological polar surface area (TPSA) is 29.3 Å². The van der Waals surface area contributed by atoms with Crippen molar-refractivity contribution in [2.75, 3.05) is 25.4 Å². The first kappa shape index (κ1) is 14.1. The Morgan fingerprint density at radius 2 is 2.25 bits per heavy atom. The van der Waals surface area contributed by atoms with Crippen molar-refractivity contribution in [3.8, 4) is 0 Å². The van der Waals surface area contributed by atoms with Gasteiger partial charge in [0.15, 0.2) is 0 Å². The zero-order valence-corrected chi connectivity index (χ0v) is 10.6. The molecule has 94 valence electrons. The van der Waals surface area contributed by atoms with Gasteiger partial charge in [0.1, 0.15) is 5.92 Å². The minimum Gasteiger partial charge on any atom is -0.393 e. The van der Waals surface area contributed by atoms with E-state index in [-0.39, 0.29) is 6.54 Å². The third-order valence-electron chi connectivity index (χ3n) is 2.50. The fraction of sp³-hybridized carbons (Fsp3) is 0.889. The Morgan fingerprint density at radius 3 is 2.69 bits per heavy atom. The molecule has 0 spiro atoms. The molecule has 0 bridgehead atoms. The maximum atomic E-state index is 12.6.